The van der Waals surface area contributed by atoms with E-state index in [0.29, 0.717) is 66.8 Å². The summed E-state index contributed by atoms with van der Waals surface area (Å²) in [6.07, 6.45) is 7.44. The molecule has 5 aliphatic rings. The molecule has 15 nitrogen and oxygen atoms in total. The van der Waals surface area contributed by atoms with Crippen molar-refractivity contribution >= 4 is 63.1 Å². The van der Waals surface area contributed by atoms with Crippen LogP contribution in [0.1, 0.15) is 85.7 Å². The van der Waals surface area contributed by atoms with Crippen molar-refractivity contribution in [3.8, 4) is 11.1 Å². The molecule has 10 rings (SSSR count). The fourth-order valence-electron chi connectivity index (χ4n) is 10.8. The summed E-state index contributed by atoms with van der Waals surface area (Å²) < 4.78 is 33.6. The minimum absolute atomic E-state index is 0.00167. The molecule has 0 aliphatic carbocycles. The standard InChI is InChI=1S/C49H52F2N10O5S/c1-28-20-30(21-29(2)61(28)40-11-7-33(25-38(40)51)54-39-10-12-42(62)55-46(39)64)22-43(63)58-17-15-57(16-18-58)34-8-5-31(6-9-34)32-23-35-36(37(50)24-32)26-60(48(35)66)45(47(65)56-49-52-13-19-67-49)44-41-4-3-14-59(41)27-53-44/h5-9,11,13,19,23-25,27-30,39,45,54H,3-4,10,12,14-18,20-22,26H2,1-2H3,(H,52,56,65)(H,55,62,64). The molecule has 0 radical (unpaired) electrons. The molecule has 5 aliphatic heterocycles. The second-order valence-corrected chi connectivity index (χ2v) is 19.3. The van der Waals surface area contributed by atoms with E-state index in [0.717, 1.165) is 49.2 Å². The molecule has 5 amide bonds. The molecule has 7 heterocycles. The maximum absolute atomic E-state index is 16.0. The minimum Gasteiger partial charge on any atom is -0.374 e. The van der Waals surface area contributed by atoms with Gasteiger partial charge in [-0.15, -0.1) is 11.3 Å². The van der Waals surface area contributed by atoms with E-state index in [1.807, 2.05) is 33.7 Å². The van der Waals surface area contributed by atoms with Crippen LogP contribution in [0.2, 0.25) is 0 Å². The average molecular weight is 931 g/mol. The van der Waals surface area contributed by atoms with Crippen molar-refractivity contribution in [1.29, 1.82) is 0 Å². The predicted molar refractivity (Wildman–Crippen MR) is 249 cm³/mol. The number of fused-ring (bicyclic) bond motifs is 2. The van der Waals surface area contributed by atoms with Crippen LogP contribution >= 0.6 is 11.3 Å². The van der Waals surface area contributed by atoms with Crippen molar-refractivity contribution in [2.45, 2.75) is 96.1 Å². The quantitative estimate of drug-likeness (QED) is 0.124. The van der Waals surface area contributed by atoms with Crippen LogP contribution in [0.3, 0.4) is 0 Å². The molecule has 0 saturated carbocycles. The molecule has 4 unspecified atom stereocenters. The van der Waals surface area contributed by atoms with Crippen LogP contribution in [0.25, 0.3) is 11.1 Å². The lowest BCUT2D eigenvalue weighted by Crippen LogP contribution is -2.51. The third kappa shape index (κ3) is 8.74. The largest absolute Gasteiger partial charge is 0.374 e. The number of benzene rings is 3. The highest BCUT2D eigenvalue weighted by Crippen LogP contribution is 2.39. The number of nitrogens with one attached hydrogen (secondary N) is 3. The highest BCUT2D eigenvalue weighted by molar-refractivity contribution is 7.13. The number of halogens is 2. The SMILES string of the molecule is CC1CC(CC(=O)N2CCN(c3ccc(-c4cc(F)c5c(c4)C(=O)N(C(C(=O)Nc4nccs4)c4ncn6c4CCC6)C5)cc3)CC2)CC(C)N1c1ccc(NC2CCC(=O)NC2=O)cc1F. The van der Waals surface area contributed by atoms with Gasteiger partial charge in [0.15, 0.2) is 11.2 Å². The first kappa shape index (κ1) is 44.2. The van der Waals surface area contributed by atoms with E-state index in [-0.39, 0.29) is 53.9 Å². The normalized spacial score (nSPS) is 22.1. The van der Waals surface area contributed by atoms with Gasteiger partial charge in [0.25, 0.3) is 11.8 Å². The second kappa shape index (κ2) is 18.2. The predicted octanol–water partition coefficient (Wildman–Crippen LogP) is 6.52. The molecule has 0 spiro atoms. The highest BCUT2D eigenvalue weighted by Gasteiger charge is 2.42. The van der Waals surface area contributed by atoms with Gasteiger partial charge >= 0.3 is 0 Å². The first-order chi connectivity index (χ1) is 32.4. The van der Waals surface area contributed by atoms with Crippen LogP contribution in [-0.4, -0.2) is 98.2 Å². The monoisotopic (exact) mass is 930 g/mol. The molecule has 2 aromatic heterocycles. The van der Waals surface area contributed by atoms with Gasteiger partial charge < -0.3 is 29.5 Å². The third-order valence-corrected chi connectivity index (χ3v) is 14.7. The van der Waals surface area contributed by atoms with Crippen molar-refractivity contribution < 1.29 is 32.8 Å². The zero-order chi connectivity index (χ0) is 46.5. The van der Waals surface area contributed by atoms with E-state index in [9.17, 15) is 24.0 Å². The molecule has 67 heavy (non-hydrogen) atoms. The topological polar surface area (TPSA) is 165 Å². The molecule has 3 fully saturated rings. The number of carbonyl (C=O) groups is 5. The molecular weight excluding hydrogens is 879 g/mol. The Bertz CT molecular complexity index is 2730. The first-order valence-electron chi connectivity index (χ1n) is 23.1. The Morgan fingerprint density at radius 1 is 0.896 bits per heavy atom. The third-order valence-electron chi connectivity index (χ3n) is 14.1. The van der Waals surface area contributed by atoms with Crippen LogP contribution in [0.5, 0.6) is 0 Å². The van der Waals surface area contributed by atoms with Crippen LogP contribution in [0.15, 0.2) is 72.5 Å². The number of thiazole rings is 1. The lowest BCUT2D eigenvalue weighted by Gasteiger charge is -2.45. The van der Waals surface area contributed by atoms with Crippen molar-refractivity contribution in [1.82, 2.24) is 29.7 Å². The Morgan fingerprint density at radius 2 is 1.67 bits per heavy atom. The van der Waals surface area contributed by atoms with Crippen LogP contribution in [-0.2, 0) is 38.7 Å². The van der Waals surface area contributed by atoms with Crippen molar-refractivity contribution in [3.05, 3.63) is 107 Å². The van der Waals surface area contributed by atoms with Gasteiger partial charge in [-0.3, -0.25) is 34.6 Å². The van der Waals surface area contributed by atoms with E-state index in [1.165, 1.54) is 28.4 Å². The number of aromatic nitrogens is 3. The summed E-state index contributed by atoms with van der Waals surface area (Å²) >= 11 is 1.27. The van der Waals surface area contributed by atoms with Crippen molar-refractivity contribution in [2.75, 3.05) is 46.6 Å². The maximum atomic E-state index is 16.0. The number of piperidine rings is 2. The number of rotatable bonds is 11. The lowest BCUT2D eigenvalue weighted by atomic mass is 9.84. The lowest BCUT2D eigenvalue weighted by molar-refractivity contribution is -0.134. The van der Waals surface area contributed by atoms with E-state index in [4.69, 9.17) is 0 Å². The second-order valence-electron chi connectivity index (χ2n) is 18.4. The molecule has 3 N–H and O–H groups in total. The van der Waals surface area contributed by atoms with E-state index < -0.39 is 41.4 Å². The molecule has 5 aromatic rings. The molecule has 4 atom stereocenters. The number of carbonyl (C=O) groups excluding carboxylic acids is 5. The van der Waals surface area contributed by atoms with Crippen molar-refractivity contribution in [3.63, 3.8) is 0 Å². The highest BCUT2D eigenvalue weighted by atomic mass is 32.1. The molecule has 348 valence electrons. The number of hydrogen-bond donors (Lipinski definition) is 3. The first-order valence-corrected chi connectivity index (χ1v) is 24.0. The van der Waals surface area contributed by atoms with Gasteiger partial charge in [-0.2, -0.15) is 0 Å². The minimum atomic E-state index is -1.07. The summed E-state index contributed by atoms with van der Waals surface area (Å²) in [5, 5.41) is 10.4. The van der Waals surface area contributed by atoms with Gasteiger partial charge in [0, 0.05) is 97.4 Å². The summed E-state index contributed by atoms with van der Waals surface area (Å²) in [4.78, 5) is 81.9. The van der Waals surface area contributed by atoms with Crippen LogP contribution < -0.4 is 25.8 Å². The van der Waals surface area contributed by atoms with E-state index in [2.05, 4.69) is 49.6 Å². The number of piperazine rings is 1. The molecular formula is C49H52F2N10O5S. The Morgan fingerprint density at radius 3 is 2.39 bits per heavy atom. The maximum Gasteiger partial charge on any atom is 0.255 e. The summed E-state index contributed by atoms with van der Waals surface area (Å²) in [5.41, 5.74) is 5.10. The molecule has 0 bridgehead atoms. The van der Waals surface area contributed by atoms with Gasteiger partial charge in [-0.1, -0.05) is 12.1 Å². The van der Waals surface area contributed by atoms with E-state index in [1.54, 1.807) is 36.1 Å². The Hall–Kier alpha value is -6.69. The zero-order valence-electron chi connectivity index (χ0n) is 37.3. The zero-order valence-corrected chi connectivity index (χ0v) is 38.2. The number of imidazole rings is 1. The Labute approximate surface area is 390 Å². The smallest absolute Gasteiger partial charge is 0.255 e. The summed E-state index contributed by atoms with van der Waals surface area (Å²) in [5.74, 6) is -2.23. The molecule has 3 saturated heterocycles. The Balaban J connectivity index is 0.740. The van der Waals surface area contributed by atoms with Gasteiger partial charge in [0.2, 0.25) is 17.7 Å². The average Bonchev–Trinajstić information content (AvgIpc) is 4.13. The summed E-state index contributed by atoms with van der Waals surface area (Å²) in [7, 11) is 0. The number of imide groups is 1. The fraction of sp³-hybridized carbons (Fsp3) is 0.408. The fourth-order valence-corrected chi connectivity index (χ4v) is 11.4. The summed E-state index contributed by atoms with van der Waals surface area (Å²) in [6, 6.07) is 14.2. The molecule has 3 aromatic carbocycles. The van der Waals surface area contributed by atoms with Gasteiger partial charge in [-0.05, 0) is 105 Å². The van der Waals surface area contributed by atoms with E-state index >= 15 is 8.78 Å². The summed E-state index contributed by atoms with van der Waals surface area (Å²) in [6.45, 7) is 7.31. The number of amides is 5. The Kier molecular flexibility index (Phi) is 12.0. The molecule has 18 heteroatoms. The number of aryl methyl sites for hydroxylation is 1. The van der Waals surface area contributed by atoms with Gasteiger partial charge in [0.1, 0.15) is 17.7 Å². The van der Waals surface area contributed by atoms with Crippen molar-refractivity contribution in [2.24, 2.45) is 5.92 Å². The van der Waals surface area contributed by atoms with Gasteiger partial charge in [-0.25, -0.2) is 18.7 Å². The van der Waals surface area contributed by atoms with Crippen LogP contribution in [0.4, 0.5) is 31.0 Å². The van der Waals surface area contributed by atoms with Crippen LogP contribution in [0, 0.1) is 17.6 Å². The van der Waals surface area contributed by atoms with Gasteiger partial charge in [0.05, 0.1) is 24.3 Å². The number of anilines is 4. The number of nitrogens with zero attached hydrogens (tertiary/aromatic N) is 7. The number of hydrogen-bond acceptors (Lipinski definition) is 11.